The molecule has 0 unspecified atom stereocenters. The van der Waals surface area contributed by atoms with Gasteiger partial charge in [-0.05, 0) is 23.3 Å². The molecule has 2 aliphatic rings. The third kappa shape index (κ3) is 3.64. The molecular formula is C23H19N3S2. The molecule has 0 radical (unpaired) electrons. The molecule has 0 spiro atoms. The van der Waals surface area contributed by atoms with E-state index in [4.69, 9.17) is 15.0 Å². The van der Waals surface area contributed by atoms with Crippen molar-refractivity contribution in [2.45, 2.75) is 12.1 Å². The lowest BCUT2D eigenvalue weighted by Gasteiger charge is -2.05. The summed E-state index contributed by atoms with van der Waals surface area (Å²) in [5, 5.41) is 2.05. The summed E-state index contributed by atoms with van der Waals surface area (Å²) < 4.78 is 0. The lowest BCUT2D eigenvalue weighted by Crippen LogP contribution is -2.03. The monoisotopic (exact) mass is 401 g/mol. The third-order valence-corrected chi connectivity index (χ3v) is 7.00. The van der Waals surface area contributed by atoms with Gasteiger partial charge in [-0.3, -0.25) is 9.98 Å². The maximum absolute atomic E-state index is 4.93. The van der Waals surface area contributed by atoms with Crippen molar-refractivity contribution < 1.29 is 0 Å². The Bertz CT molecular complexity index is 951. The predicted octanol–water partition coefficient (Wildman–Crippen LogP) is 5.55. The molecule has 1 aromatic heterocycles. The number of benzene rings is 2. The van der Waals surface area contributed by atoms with Gasteiger partial charge in [0, 0.05) is 11.5 Å². The maximum Gasteiger partial charge on any atom is 0.117 e. The Morgan fingerprint density at radius 3 is 1.50 bits per heavy atom. The van der Waals surface area contributed by atoms with Gasteiger partial charge in [0.05, 0.1) is 23.5 Å². The number of nitrogens with zero attached hydrogens (tertiary/aromatic N) is 3. The quantitative estimate of drug-likeness (QED) is 0.575. The van der Waals surface area contributed by atoms with Crippen molar-refractivity contribution in [3.63, 3.8) is 0 Å². The topological polar surface area (TPSA) is 37.6 Å². The van der Waals surface area contributed by atoms with E-state index in [1.165, 1.54) is 11.1 Å². The standard InChI is InChI=1S/C23H19N3S2/c1-3-8-16(9-4-1)20-14-27-22(25-20)18-12-7-13-19(24-18)23-26-21(15-28-23)17-10-5-2-6-11-17/h1-13,20-21H,14-15H2/t20-,21-/m1/s1. The van der Waals surface area contributed by atoms with Crippen LogP contribution in [0.3, 0.4) is 0 Å². The first-order chi connectivity index (χ1) is 13.9. The highest BCUT2D eigenvalue weighted by molar-refractivity contribution is 8.15. The highest BCUT2D eigenvalue weighted by Crippen LogP contribution is 2.34. The van der Waals surface area contributed by atoms with E-state index in [0.29, 0.717) is 0 Å². The van der Waals surface area contributed by atoms with Gasteiger partial charge >= 0.3 is 0 Å². The number of aliphatic imine (C=N–C) groups is 2. The molecule has 28 heavy (non-hydrogen) atoms. The van der Waals surface area contributed by atoms with Crippen molar-refractivity contribution in [3.05, 3.63) is 101 Å². The van der Waals surface area contributed by atoms with Crippen molar-refractivity contribution in [2.75, 3.05) is 11.5 Å². The Balaban J connectivity index is 1.39. The Morgan fingerprint density at radius 1 is 0.571 bits per heavy atom. The van der Waals surface area contributed by atoms with Gasteiger partial charge in [0.2, 0.25) is 0 Å². The van der Waals surface area contributed by atoms with Crippen LogP contribution in [-0.2, 0) is 0 Å². The number of hydrogen-bond donors (Lipinski definition) is 0. The molecule has 5 heteroatoms. The highest BCUT2D eigenvalue weighted by atomic mass is 32.2. The number of pyridine rings is 1. The Hall–Kier alpha value is -2.37. The maximum atomic E-state index is 4.93. The van der Waals surface area contributed by atoms with E-state index in [0.717, 1.165) is 33.0 Å². The van der Waals surface area contributed by atoms with Crippen LogP contribution in [-0.4, -0.2) is 26.6 Å². The number of thioether (sulfide) groups is 2. The van der Waals surface area contributed by atoms with Crippen molar-refractivity contribution in [2.24, 2.45) is 9.98 Å². The van der Waals surface area contributed by atoms with Gasteiger partial charge in [0.1, 0.15) is 10.1 Å². The molecule has 3 nitrogen and oxygen atoms in total. The van der Waals surface area contributed by atoms with Gasteiger partial charge in [0.15, 0.2) is 0 Å². The van der Waals surface area contributed by atoms with E-state index in [1.807, 2.05) is 12.1 Å². The molecule has 138 valence electrons. The van der Waals surface area contributed by atoms with Crippen LogP contribution < -0.4 is 0 Å². The smallest absolute Gasteiger partial charge is 0.117 e. The molecule has 0 saturated heterocycles. The molecule has 3 aromatic rings. The van der Waals surface area contributed by atoms with E-state index in [9.17, 15) is 0 Å². The lowest BCUT2D eigenvalue weighted by molar-refractivity contribution is 0.848. The van der Waals surface area contributed by atoms with Gasteiger partial charge in [-0.2, -0.15) is 0 Å². The van der Waals surface area contributed by atoms with Crippen LogP contribution in [0.25, 0.3) is 0 Å². The summed E-state index contributed by atoms with van der Waals surface area (Å²) in [5.41, 5.74) is 4.44. The summed E-state index contributed by atoms with van der Waals surface area (Å²) in [6.07, 6.45) is 0. The fraction of sp³-hybridized carbons (Fsp3) is 0.174. The van der Waals surface area contributed by atoms with Gasteiger partial charge in [-0.1, -0.05) is 66.7 Å². The molecule has 3 heterocycles. The molecule has 0 N–H and O–H groups in total. The summed E-state index contributed by atoms with van der Waals surface area (Å²) in [6, 6.07) is 27.6. The zero-order valence-electron chi connectivity index (χ0n) is 15.2. The van der Waals surface area contributed by atoms with Crippen LogP contribution >= 0.6 is 23.5 Å². The predicted molar refractivity (Wildman–Crippen MR) is 121 cm³/mol. The molecule has 0 amide bonds. The normalized spacial score (nSPS) is 21.4. The van der Waals surface area contributed by atoms with Crippen LogP contribution in [0.4, 0.5) is 0 Å². The summed E-state index contributed by atoms with van der Waals surface area (Å²) in [5.74, 6) is 1.94. The van der Waals surface area contributed by atoms with Gasteiger partial charge in [-0.25, -0.2) is 4.98 Å². The Labute approximate surface area is 173 Å². The Kier molecular flexibility index (Phi) is 5.02. The number of rotatable bonds is 4. The summed E-state index contributed by atoms with van der Waals surface area (Å²) in [7, 11) is 0. The minimum absolute atomic E-state index is 0.215. The van der Waals surface area contributed by atoms with Crippen LogP contribution in [0.2, 0.25) is 0 Å². The minimum atomic E-state index is 0.215. The Morgan fingerprint density at radius 2 is 1.04 bits per heavy atom. The molecule has 0 aliphatic carbocycles. The van der Waals surface area contributed by atoms with Gasteiger partial charge in [0.25, 0.3) is 0 Å². The molecule has 0 saturated carbocycles. The van der Waals surface area contributed by atoms with Crippen molar-refractivity contribution >= 4 is 33.6 Å². The molecule has 2 aliphatic heterocycles. The van der Waals surface area contributed by atoms with Gasteiger partial charge < -0.3 is 0 Å². The first kappa shape index (κ1) is 17.7. The fourth-order valence-corrected chi connectivity index (χ4v) is 5.49. The van der Waals surface area contributed by atoms with Crippen molar-refractivity contribution in [1.82, 2.24) is 4.98 Å². The van der Waals surface area contributed by atoms with Crippen LogP contribution in [0, 0.1) is 0 Å². The van der Waals surface area contributed by atoms with Crippen LogP contribution in [0.5, 0.6) is 0 Å². The molecule has 0 fully saturated rings. The molecule has 2 aromatic carbocycles. The fourth-order valence-electron chi connectivity index (χ4n) is 3.39. The van der Waals surface area contributed by atoms with Crippen LogP contribution in [0.1, 0.15) is 34.6 Å². The highest BCUT2D eigenvalue weighted by Gasteiger charge is 2.24. The largest absolute Gasteiger partial charge is 0.267 e. The molecule has 5 rings (SSSR count). The molecule has 2 atom stereocenters. The third-order valence-electron chi connectivity index (χ3n) is 4.86. The van der Waals surface area contributed by atoms with Gasteiger partial charge in [-0.15, -0.1) is 23.5 Å². The second kappa shape index (κ2) is 7.94. The summed E-state index contributed by atoms with van der Waals surface area (Å²) >= 11 is 3.58. The van der Waals surface area contributed by atoms with E-state index in [2.05, 4.69) is 66.7 Å². The van der Waals surface area contributed by atoms with E-state index in [1.54, 1.807) is 23.5 Å². The molecular weight excluding hydrogens is 382 g/mol. The number of hydrogen-bond acceptors (Lipinski definition) is 5. The van der Waals surface area contributed by atoms with E-state index in [-0.39, 0.29) is 12.1 Å². The first-order valence-corrected chi connectivity index (χ1v) is 11.3. The number of aromatic nitrogens is 1. The SMILES string of the molecule is c1ccc([C@H]2CSC(c3cccc(C4=N[C@@H](c5ccccc5)CS4)n3)=N2)cc1. The zero-order chi connectivity index (χ0) is 18.8. The van der Waals surface area contributed by atoms with Crippen molar-refractivity contribution in [1.29, 1.82) is 0 Å². The van der Waals surface area contributed by atoms with Crippen LogP contribution in [0.15, 0.2) is 88.8 Å². The second-order valence-corrected chi connectivity index (χ2v) is 8.77. The zero-order valence-corrected chi connectivity index (χ0v) is 16.9. The second-order valence-electron chi connectivity index (χ2n) is 6.75. The average Bonchev–Trinajstić information content (AvgIpc) is 3.46. The first-order valence-electron chi connectivity index (χ1n) is 9.36. The summed E-state index contributed by atoms with van der Waals surface area (Å²) in [6.45, 7) is 0. The summed E-state index contributed by atoms with van der Waals surface area (Å²) in [4.78, 5) is 14.7. The van der Waals surface area contributed by atoms with E-state index >= 15 is 0 Å². The lowest BCUT2D eigenvalue weighted by atomic mass is 10.1. The molecule has 0 bridgehead atoms. The average molecular weight is 402 g/mol. The van der Waals surface area contributed by atoms with Crippen molar-refractivity contribution in [3.8, 4) is 0 Å². The van der Waals surface area contributed by atoms with E-state index < -0.39 is 0 Å². The minimum Gasteiger partial charge on any atom is -0.267 e.